The molecule has 0 aliphatic heterocycles. The summed E-state index contributed by atoms with van der Waals surface area (Å²) in [7, 11) is 0. The number of hydrogen-bond acceptors (Lipinski definition) is 3. The first-order valence-electron chi connectivity index (χ1n) is 7.51. The van der Waals surface area contributed by atoms with Crippen molar-refractivity contribution in [3.63, 3.8) is 0 Å². The third-order valence-electron chi connectivity index (χ3n) is 4.48. The van der Waals surface area contributed by atoms with Gasteiger partial charge in [0.05, 0.1) is 0 Å². The van der Waals surface area contributed by atoms with Crippen LogP contribution in [0.15, 0.2) is 17.5 Å². The van der Waals surface area contributed by atoms with Crippen LogP contribution in [0.25, 0.3) is 0 Å². The van der Waals surface area contributed by atoms with E-state index in [-0.39, 0.29) is 0 Å². The molecule has 2 saturated carbocycles. The van der Waals surface area contributed by atoms with E-state index in [1.165, 1.54) is 17.7 Å². The summed E-state index contributed by atoms with van der Waals surface area (Å²) in [6.45, 7) is 4.33. The molecule has 104 valence electrons. The molecule has 0 aromatic carbocycles. The Kier molecular flexibility index (Phi) is 4.04. The lowest BCUT2D eigenvalue weighted by atomic mass is 9.81. The minimum absolute atomic E-state index is 0.296. The quantitative estimate of drug-likeness (QED) is 0.817. The molecule has 2 unspecified atom stereocenters. The zero-order chi connectivity index (χ0) is 13.2. The third-order valence-corrected chi connectivity index (χ3v) is 5.34. The van der Waals surface area contributed by atoms with E-state index in [1.54, 1.807) is 0 Å². The van der Waals surface area contributed by atoms with E-state index in [9.17, 15) is 4.79 Å². The molecular weight excluding hydrogens is 254 g/mol. The number of carbonyl (C=O) groups excluding carboxylic acids is 1. The van der Waals surface area contributed by atoms with Crippen LogP contribution in [0.3, 0.4) is 0 Å². The summed E-state index contributed by atoms with van der Waals surface area (Å²) in [5.41, 5.74) is 0. The minimum Gasteiger partial charge on any atom is -0.299 e. The molecular formula is C16H23NOS. The molecule has 2 aliphatic rings. The van der Waals surface area contributed by atoms with Gasteiger partial charge in [0.15, 0.2) is 0 Å². The second-order valence-corrected chi connectivity index (χ2v) is 7.32. The molecule has 0 radical (unpaired) electrons. The van der Waals surface area contributed by atoms with Crippen molar-refractivity contribution in [3.8, 4) is 0 Å². The molecule has 3 heteroatoms. The maximum atomic E-state index is 12.1. The van der Waals surface area contributed by atoms with Crippen molar-refractivity contribution in [2.45, 2.75) is 51.6 Å². The third kappa shape index (κ3) is 3.46. The minimum atomic E-state index is 0.296. The van der Waals surface area contributed by atoms with Crippen LogP contribution in [0, 0.1) is 11.8 Å². The molecule has 1 heterocycles. The van der Waals surface area contributed by atoms with Crippen LogP contribution in [-0.2, 0) is 11.3 Å². The van der Waals surface area contributed by atoms with Gasteiger partial charge in [-0.05, 0) is 43.0 Å². The molecule has 0 bridgehead atoms. The fraction of sp³-hybridized carbons (Fsp3) is 0.688. The van der Waals surface area contributed by atoms with E-state index in [0.717, 1.165) is 44.3 Å². The van der Waals surface area contributed by atoms with Crippen LogP contribution in [0.1, 0.15) is 43.9 Å². The summed E-state index contributed by atoms with van der Waals surface area (Å²) in [4.78, 5) is 16.1. The van der Waals surface area contributed by atoms with Crippen LogP contribution in [-0.4, -0.2) is 23.3 Å². The van der Waals surface area contributed by atoms with Gasteiger partial charge in [-0.1, -0.05) is 13.0 Å². The molecule has 0 amide bonds. The van der Waals surface area contributed by atoms with E-state index < -0.39 is 0 Å². The van der Waals surface area contributed by atoms with Crippen molar-refractivity contribution in [2.24, 2.45) is 11.8 Å². The number of Topliss-reactive ketones (excluding diaryl/α,β-unsaturated/α-hetero) is 1. The molecule has 0 N–H and O–H groups in total. The second-order valence-electron chi connectivity index (χ2n) is 6.28. The highest BCUT2D eigenvalue weighted by molar-refractivity contribution is 7.09. The van der Waals surface area contributed by atoms with Crippen LogP contribution in [0.2, 0.25) is 0 Å². The lowest BCUT2D eigenvalue weighted by Crippen LogP contribution is -2.37. The van der Waals surface area contributed by atoms with Crippen LogP contribution < -0.4 is 0 Å². The van der Waals surface area contributed by atoms with Crippen molar-refractivity contribution in [3.05, 3.63) is 22.4 Å². The van der Waals surface area contributed by atoms with E-state index in [4.69, 9.17) is 0 Å². The van der Waals surface area contributed by atoms with Crippen LogP contribution in [0.5, 0.6) is 0 Å². The number of hydrogen-bond donors (Lipinski definition) is 0. The Balaban J connectivity index is 1.62. The van der Waals surface area contributed by atoms with E-state index in [1.807, 2.05) is 11.3 Å². The summed E-state index contributed by atoms with van der Waals surface area (Å²) >= 11 is 1.83. The lowest BCUT2D eigenvalue weighted by Gasteiger charge is -2.31. The maximum Gasteiger partial charge on any atom is 0.137 e. The highest BCUT2D eigenvalue weighted by Crippen LogP contribution is 2.33. The van der Waals surface area contributed by atoms with Crippen molar-refractivity contribution >= 4 is 17.1 Å². The molecule has 2 atom stereocenters. The van der Waals surface area contributed by atoms with Crippen molar-refractivity contribution in [1.82, 2.24) is 4.90 Å². The number of nitrogens with zero attached hydrogens (tertiary/aromatic N) is 1. The smallest absolute Gasteiger partial charge is 0.137 e. The maximum absolute atomic E-state index is 12.1. The highest BCUT2D eigenvalue weighted by atomic mass is 32.1. The molecule has 2 fully saturated rings. The van der Waals surface area contributed by atoms with Gasteiger partial charge in [-0.15, -0.1) is 11.3 Å². The number of ketones is 1. The number of carbonyl (C=O) groups is 1. The van der Waals surface area contributed by atoms with Gasteiger partial charge in [-0.3, -0.25) is 9.69 Å². The van der Waals surface area contributed by atoms with Crippen LogP contribution >= 0.6 is 11.3 Å². The second kappa shape index (κ2) is 5.76. The van der Waals surface area contributed by atoms with Gasteiger partial charge in [0, 0.05) is 36.3 Å². The van der Waals surface area contributed by atoms with Gasteiger partial charge in [0.2, 0.25) is 0 Å². The van der Waals surface area contributed by atoms with E-state index in [2.05, 4.69) is 29.3 Å². The lowest BCUT2D eigenvalue weighted by molar-refractivity contribution is -0.126. The fourth-order valence-corrected chi connectivity index (χ4v) is 3.90. The number of thiophene rings is 1. The molecule has 2 aliphatic carbocycles. The van der Waals surface area contributed by atoms with Crippen molar-refractivity contribution in [1.29, 1.82) is 0 Å². The largest absolute Gasteiger partial charge is 0.299 e. The molecule has 1 aromatic heterocycles. The standard InChI is InChI=1S/C16H23NOS/c1-12-4-7-16(18)13(9-12)10-17(14-5-6-14)11-15-3-2-8-19-15/h2-3,8,12-14H,4-7,9-11H2,1H3. The van der Waals surface area contributed by atoms with Gasteiger partial charge in [-0.2, -0.15) is 0 Å². The predicted molar refractivity (Wildman–Crippen MR) is 79.3 cm³/mol. The van der Waals surface area contributed by atoms with Gasteiger partial charge >= 0.3 is 0 Å². The molecule has 0 spiro atoms. The SMILES string of the molecule is CC1CCC(=O)C(CN(Cc2cccs2)C2CC2)C1. The first kappa shape index (κ1) is 13.3. The first-order chi connectivity index (χ1) is 9.22. The monoisotopic (exact) mass is 277 g/mol. The Bertz CT molecular complexity index is 424. The Labute approximate surface area is 119 Å². The van der Waals surface area contributed by atoms with Crippen LogP contribution in [0.4, 0.5) is 0 Å². The molecule has 2 nitrogen and oxygen atoms in total. The summed E-state index contributed by atoms with van der Waals surface area (Å²) in [6.07, 6.45) is 5.66. The zero-order valence-electron chi connectivity index (χ0n) is 11.7. The van der Waals surface area contributed by atoms with Gasteiger partial charge < -0.3 is 0 Å². The van der Waals surface area contributed by atoms with Gasteiger partial charge in [-0.25, -0.2) is 0 Å². The zero-order valence-corrected chi connectivity index (χ0v) is 12.5. The Hall–Kier alpha value is -0.670. The summed E-state index contributed by atoms with van der Waals surface area (Å²) in [5.74, 6) is 1.53. The Morgan fingerprint density at radius 1 is 1.37 bits per heavy atom. The summed E-state index contributed by atoms with van der Waals surface area (Å²) < 4.78 is 0. The molecule has 19 heavy (non-hydrogen) atoms. The van der Waals surface area contributed by atoms with E-state index in [0.29, 0.717) is 11.7 Å². The Morgan fingerprint density at radius 2 is 2.21 bits per heavy atom. The number of rotatable bonds is 5. The van der Waals surface area contributed by atoms with Crippen molar-refractivity contribution in [2.75, 3.05) is 6.54 Å². The predicted octanol–water partition coefficient (Wildman–Crippen LogP) is 3.72. The topological polar surface area (TPSA) is 20.3 Å². The first-order valence-corrected chi connectivity index (χ1v) is 8.39. The molecule has 1 aromatic rings. The molecule has 3 rings (SSSR count). The van der Waals surface area contributed by atoms with Gasteiger partial charge in [0.25, 0.3) is 0 Å². The Morgan fingerprint density at radius 3 is 2.89 bits per heavy atom. The van der Waals surface area contributed by atoms with Crippen molar-refractivity contribution < 1.29 is 4.79 Å². The average Bonchev–Trinajstić information content (AvgIpc) is 3.12. The average molecular weight is 277 g/mol. The highest BCUT2D eigenvalue weighted by Gasteiger charge is 2.34. The normalized spacial score (nSPS) is 28.0. The fourth-order valence-electron chi connectivity index (χ4n) is 3.17. The molecule has 0 saturated heterocycles. The van der Waals surface area contributed by atoms with Gasteiger partial charge in [0.1, 0.15) is 5.78 Å². The summed E-state index contributed by atoms with van der Waals surface area (Å²) in [5, 5.41) is 2.15. The van der Waals surface area contributed by atoms with E-state index >= 15 is 0 Å². The summed E-state index contributed by atoms with van der Waals surface area (Å²) in [6, 6.07) is 5.08.